The van der Waals surface area contributed by atoms with Gasteiger partial charge in [0, 0.05) is 16.1 Å². The van der Waals surface area contributed by atoms with Crippen LogP contribution in [0.2, 0.25) is 10.0 Å². The molecule has 1 aromatic carbocycles. The van der Waals surface area contributed by atoms with Crippen molar-refractivity contribution in [3.63, 3.8) is 0 Å². The molecule has 1 aromatic rings. The van der Waals surface area contributed by atoms with E-state index in [9.17, 15) is 9.59 Å². The van der Waals surface area contributed by atoms with Crippen LogP contribution in [-0.2, 0) is 9.59 Å². The second-order valence-corrected chi connectivity index (χ2v) is 4.65. The molecule has 0 aromatic heterocycles. The third kappa shape index (κ3) is 4.93. The van der Waals surface area contributed by atoms with Crippen molar-refractivity contribution in [1.82, 2.24) is 5.32 Å². The fraction of sp³-hybridized carbons (Fsp3) is 0.231. The fourth-order valence-electron chi connectivity index (χ4n) is 1.36. The number of carboxylic acids is 1. The number of nitrogens with one attached hydrogen (secondary N) is 1. The van der Waals surface area contributed by atoms with Crippen LogP contribution in [0.25, 0.3) is 6.08 Å². The van der Waals surface area contributed by atoms with Crippen LogP contribution in [0.4, 0.5) is 0 Å². The summed E-state index contributed by atoms with van der Waals surface area (Å²) in [6, 6.07) is 3.99. The van der Waals surface area contributed by atoms with Gasteiger partial charge in [0.15, 0.2) is 0 Å². The molecule has 0 aliphatic rings. The van der Waals surface area contributed by atoms with Gasteiger partial charge in [0.25, 0.3) is 0 Å². The Labute approximate surface area is 121 Å². The van der Waals surface area contributed by atoms with Gasteiger partial charge in [-0.2, -0.15) is 0 Å². The highest BCUT2D eigenvalue weighted by atomic mass is 35.5. The van der Waals surface area contributed by atoms with Gasteiger partial charge in [0.05, 0.1) is 0 Å². The molecule has 0 heterocycles. The van der Waals surface area contributed by atoms with Crippen LogP contribution in [0.15, 0.2) is 24.3 Å². The van der Waals surface area contributed by atoms with Crippen LogP contribution in [0, 0.1) is 0 Å². The van der Waals surface area contributed by atoms with E-state index in [2.05, 4.69) is 5.32 Å². The maximum atomic E-state index is 11.5. The summed E-state index contributed by atoms with van der Waals surface area (Å²) in [7, 11) is 0. The molecule has 0 bridgehead atoms. The van der Waals surface area contributed by atoms with Gasteiger partial charge in [-0.15, -0.1) is 0 Å². The molecule has 0 radical (unpaired) electrons. The number of aliphatic carboxylic acids is 1. The minimum absolute atomic E-state index is 0.316. The largest absolute Gasteiger partial charge is 0.480 e. The first-order valence-corrected chi connectivity index (χ1v) is 6.36. The number of carbonyl (C=O) groups excluding carboxylic acids is 1. The summed E-state index contributed by atoms with van der Waals surface area (Å²) in [4.78, 5) is 22.3. The predicted molar refractivity (Wildman–Crippen MR) is 75.4 cm³/mol. The fourth-order valence-corrected chi connectivity index (χ4v) is 1.83. The van der Waals surface area contributed by atoms with Crippen LogP contribution in [-0.4, -0.2) is 23.0 Å². The first-order chi connectivity index (χ1) is 8.93. The molecule has 19 heavy (non-hydrogen) atoms. The highest BCUT2D eigenvalue weighted by Gasteiger charge is 2.15. The zero-order valence-corrected chi connectivity index (χ0v) is 11.7. The first kappa shape index (κ1) is 15.5. The molecular formula is C13H13Cl2NO3. The van der Waals surface area contributed by atoms with Crippen LogP contribution < -0.4 is 5.32 Å². The van der Waals surface area contributed by atoms with Gasteiger partial charge in [-0.1, -0.05) is 36.2 Å². The molecule has 0 spiro atoms. The average Bonchev–Trinajstić information content (AvgIpc) is 2.34. The monoisotopic (exact) mass is 301 g/mol. The molecule has 0 saturated heterocycles. The molecule has 0 fully saturated rings. The molecule has 1 atom stereocenters. The van der Waals surface area contributed by atoms with E-state index in [0.717, 1.165) is 0 Å². The summed E-state index contributed by atoms with van der Waals surface area (Å²) >= 11 is 11.7. The van der Waals surface area contributed by atoms with Gasteiger partial charge in [-0.3, -0.25) is 4.79 Å². The zero-order valence-electron chi connectivity index (χ0n) is 10.2. The SMILES string of the molecule is CCC(NC(=O)/C=C/c1ccc(Cl)cc1Cl)C(=O)O. The lowest BCUT2D eigenvalue weighted by Gasteiger charge is -2.09. The first-order valence-electron chi connectivity index (χ1n) is 5.60. The van der Waals surface area contributed by atoms with E-state index >= 15 is 0 Å². The molecule has 0 saturated carbocycles. The highest BCUT2D eigenvalue weighted by Crippen LogP contribution is 2.21. The number of rotatable bonds is 5. The summed E-state index contributed by atoms with van der Waals surface area (Å²) in [5.41, 5.74) is 0.629. The van der Waals surface area contributed by atoms with Crippen molar-refractivity contribution < 1.29 is 14.7 Å². The van der Waals surface area contributed by atoms with Crippen molar-refractivity contribution in [1.29, 1.82) is 0 Å². The van der Waals surface area contributed by atoms with Crippen LogP contribution in [0.5, 0.6) is 0 Å². The average molecular weight is 302 g/mol. The number of benzene rings is 1. The van der Waals surface area contributed by atoms with Crippen molar-refractivity contribution in [3.05, 3.63) is 39.9 Å². The Balaban J connectivity index is 2.70. The maximum absolute atomic E-state index is 11.5. The van der Waals surface area contributed by atoms with Crippen molar-refractivity contribution in [2.45, 2.75) is 19.4 Å². The highest BCUT2D eigenvalue weighted by molar-refractivity contribution is 6.35. The molecule has 6 heteroatoms. The van der Waals surface area contributed by atoms with E-state index in [1.807, 2.05) is 0 Å². The molecule has 1 amide bonds. The second-order valence-electron chi connectivity index (χ2n) is 3.81. The number of amides is 1. The Hall–Kier alpha value is -1.52. The van der Waals surface area contributed by atoms with Crippen LogP contribution in [0.1, 0.15) is 18.9 Å². The molecule has 0 aliphatic heterocycles. The quantitative estimate of drug-likeness (QED) is 0.822. The Kier molecular flexibility index (Phi) is 5.86. The van der Waals surface area contributed by atoms with E-state index in [0.29, 0.717) is 22.0 Å². The summed E-state index contributed by atoms with van der Waals surface area (Å²) < 4.78 is 0. The molecule has 102 valence electrons. The standard InChI is InChI=1S/C13H13Cl2NO3/c1-2-11(13(18)19)16-12(17)6-4-8-3-5-9(14)7-10(8)15/h3-7,11H,2H2,1H3,(H,16,17)(H,18,19)/b6-4+. The van der Waals surface area contributed by atoms with Gasteiger partial charge >= 0.3 is 5.97 Å². The molecule has 2 N–H and O–H groups in total. The van der Waals surface area contributed by atoms with Crippen molar-refractivity contribution in [3.8, 4) is 0 Å². The minimum Gasteiger partial charge on any atom is -0.480 e. The van der Waals surface area contributed by atoms with E-state index in [1.165, 1.54) is 12.2 Å². The Bertz CT molecular complexity index is 515. The third-order valence-corrected chi connectivity index (χ3v) is 2.96. The van der Waals surface area contributed by atoms with E-state index in [1.54, 1.807) is 25.1 Å². The number of carbonyl (C=O) groups is 2. The van der Waals surface area contributed by atoms with Gasteiger partial charge in [0.2, 0.25) is 5.91 Å². The maximum Gasteiger partial charge on any atom is 0.326 e. The zero-order chi connectivity index (χ0) is 14.4. The lowest BCUT2D eigenvalue weighted by Crippen LogP contribution is -2.39. The minimum atomic E-state index is -1.06. The summed E-state index contributed by atoms with van der Waals surface area (Å²) in [5.74, 6) is -1.55. The number of hydrogen-bond acceptors (Lipinski definition) is 2. The van der Waals surface area contributed by atoms with Gasteiger partial charge in [0.1, 0.15) is 6.04 Å². The van der Waals surface area contributed by atoms with E-state index in [4.69, 9.17) is 28.3 Å². The summed E-state index contributed by atoms with van der Waals surface area (Å²) in [6.07, 6.45) is 3.06. The molecule has 4 nitrogen and oxygen atoms in total. The van der Waals surface area contributed by atoms with E-state index in [-0.39, 0.29) is 0 Å². The van der Waals surface area contributed by atoms with Gasteiger partial charge < -0.3 is 10.4 Å². The number of halogens is 2. The Morgan fingerprint density at radius 2 is 2.11 bits per heavy atom. The van der Waals surface area contributed by atoms with Gasteiger partial charge in [-0.05, 0) is 30.2 Å². The smallest absolute Gasteiger partial charge is 0.326 e. The topological polar surface area (TPSA) is 66.4 Å². The molecular weight excluding hydrogens is 289 g/mol. The summed E-state index contributed by atoms with van der Waals surface area (Å²) in [6.45, 7) is 1.68. The Morgan fingerprint density at radius 1 is 1.42 bits per heavy atom. The van der Waals surface area contributed by atoms with E-state index < -0.39 is 17.9 Å². The lowest BCUT2D eigenvalue weighted by atomic mass is 10.2. The summed E-state index contributed by atoms with van der Waals surface area (Å²) in [5, 5.41) is 12.1. The molecule has 1 unspecified atom stereocenters. The van der Waals surface area contributed by atoms with Crippen LogP contribution in [0.3, 0.4) is 0 Å². The normalized spacial score (nSPS) is 12.4. The second kappa shape index (κ2) is 7.16. The molecule has 0 aliphatic carbocycles. The predicted octanol–water partition coefficient (Wildman–Crippen LogP) is 2.99. The van der Waals surface area contributed by atoms with Crippen molar-refractivity contribution >= 4 is 41.2 Å². The van der Waals surface area contributed by atoms with Crippen molar-refractivity contribution in [2.24, 2.45) is 0 Å². The number of hydrogen-bond donors (Lipinski definition) is 2. The third-order valence-electron chi connectivity index (χ3n) is 2.40. The lowest BCUT2D eigenvalue weighted by molar-refractivity contribution is -0.141. The van der Waals surface area contributed by atoms with Gasteiger partial charge in [-0.25, -0.2) is 4.79 Å². The van der Waals surface area contributed by atoms with Crippen molar-refractivity contribution in [2.75, 3.05) is 0 Å². The Morgan fingerprint density at radius 3 is 2.63 bits per heavy atom. The van der Waals surface area contributed by atoms with Crippen LogP contribution >= 0.6 is 23.2 Å². The molecule has 1 rings (SSSR count). The number of carboxylic acid groups (broad SMARTS) is 1.